The molecule has 7 nitrogen and oxygen atoms in total. The lowest BCUT2D eigenvalue weighted by atomic mass is 9.97. The van der Waals surface area contributed by atoms with E-state index in [1.54, 1.807) is 4.90 Å². The zero-order valence-electron chi connectivity index (χ0n) is 15.4. The first-order valence-corrected chi connectivity index (χ1v) is 9.57. The number of rotatable bonds is 4. The van der Waals surface area contributed by atoms with Gasteiger partial charge in [0.1, 0.15) is 6.04 Å². The van der Waals surface area contributed by atoms with Gasteiger partial charge in [-0.15, -0.1) is 0 Å². The smallest absolute Gasteiger partial charge is 0.245 e. The van der Waals surface area contributed by atoms with Crippen LogP contribution < -0.4 is 5.32 Å². The number of nitrogens with zero attached hydrogens (tertiary/aromatic N) is 3. The summed E-state index contributed by atoms with van der Waals surface area (Å²) in [5.74, 6) is 0.367. The molecule has 3 aliphatic rings. The summed E-state index contributed by atoms with van der Waals surface area (Å²) in [6.45, 7) is 7.93. The number of carbonyl (C=O) groups excluding carboxylic acids is 3. The molecular formula is C18H30N4O3. The van der Waals surface area contributed by atoms with E-state index < -0.39 is 0 Å². The molecule has 0 aromatic rings. The zero-order chi connectivity index (χ0) is 18.0. The molecule has 3 fully saturated rings. The fraction of sp³-hybridized carbons (Fsp3) is 0.833. The van der Waals surface area contributed by atoms with E-state index >= 15 is 0 Å². The van der Waals surface area contributed by atoms with Crippen molar-refractivity contribution >= 4 is 17.7 Å². The topological polar surface area (TPSA) is 73.0 Å². The molecule has 0 bridgehead atoms. The van der Waals surface area contributed by atoms with E-state index in [2.05, 4.69) is 5.32 Å². The third-order valence-corrected chi connectivity index (χ3v) is 5.61. The van der Waals surface area contributed by atoms with Gasteiger partial charge in [-0.05, 0) is 25.2 Å². The van der Waals surface area contributed by atoms with Crippen LogP contribution >= 0.6 is 0 Å². The Morgan fingerprint density at radius 3 is 2.56 bits per heavy atom. The molecule has 0 radical (unpaired) electrons. The van der Waals surface area contributed by atoms with Crippen molar-refractivity contribution in [2.45, 2.75) is 51.6 Å². The van der Waals surface area contributed by atoms with Crippen molar-refractivity contribution < 1.29 is 14.4 Å². The van der Waals surface area contributed by atoms with E-state index in [0.29, 0.717) is 32.6 Å². The lowest BCUT2D eigenvalue weighted by molar-refractivity contribution is -0.148. The van der Waals surface area contributed by atoms with Crippen LogP contribution in [0.1, 0.15) is 39.5 Å². The van der Waals surface area contributed by atoms with Crippen LogP contribution in [0.4, 0.5) is 0 Å². The number of likely N-dealkylation sites (tertiary alicyclic amines) is 2. The molecule has 2 atom stereocenters. The van der Waals surface area contributed by atoms with Crippen molar-refractivity contribution in [3.05, 3.63) is 0 Å². The minimum Gasteiger partial charge on any atom is -0.339 e. The quantitative estimate of drug-likeness (QED) is 0.778. The number of amides is 3. The van der Waals surface area contributed by atoms with Crippen LogP contribution in [0.5, 0.6) is 0 Å². The highest BCUT2D eigenvalue weighted by atomic mass is 16.2. The molecule has 3 amide bonds. The van der Waals surface area contributed by atoms with Gasteiger partial charge in [0, 0.05) is 45.2 Å². The van der Waals surface area contributed by atoms with Crippen LogP contribution in [0.2, 0.25) is 0 Å². The second-order valence-corrected chi connectivity index (χ2v) is 7.72. The van der Waals surface area contributed by atoms with Gasteiger partial charge in [0.2, 0.25) is 17.7 Å². The van der Waals surface area contributed by atoms with Crippen LogP contribution in [0.15, 0.2) is 0 Å². The molecule has 140 valence electrons. The normalized spacial score (nSPS) is 26.5. The minimum atomic E-state index is -0.368. The summed E-state index contributed by atoms with van der Waals surface area (Å²) in [5, 5.41) is 3.10. The first kappa shape index (κ1) is 18.2. The lowest BCUT2D eigenvalue weighted by Gasteiger charge is -2.43. The molecule has 0 saturated carbocycles. The third kappa shape index (κ3) is 3.81. The summed E-state index contributed by atoms with van der Waals surface area (Å²) < 4.78 is 0. The maximum atomic E-state index is 13.2. The largest absolute Gasteiger partial charge is 0.339 e. The maximum Gasteiger partial charge on any atom is 0.245 e. The molecule has 7 heteroatoms. The van der Waals surface area contributed by atoms with Crippen molar-refractivity contribution in [1.82, 2.24) is 20.0 Å². The van der Waals surface area contributed by atoms with Gasteiger partial charge in [0.25, 0.3) is 0 Å². The van der Waals surface area contributed by atoms with Gasteiger partial charge >= 0.3 is 0 Å². The Labute approximate surface area is 149 Å². The van der Waals surface area contributed by atoms with E-state index in [-0.39, 0.29) is 35.7 Å². The summed E-state index contributed by atoms with van der Waals surface area (Å²) in [6, 6.07) is -0.262. The summed E-state index contributed by atoms with van der Waals surface area (Å²) in [7, 11) is 0. The number of piperidine rings is 1. The van der Waals surface area contributed by atoms with Crippen molar-refractivity contribution in [1.29, 1.82) is 0 Å². The van der Waals surface area contributed by atoms with Gasteiger partial charge in [0.15, 0.2) is 0 Å². The highest BCUT2D eigenvalue weighted by molar-refractivity contribution is 5.89. The van der Waals surface area contributed by atoms with Crippen molar-refractivity contribution in [3.8, 4) is 0 Å². The molecule has 0 aliphatic carbocycles. The fourth-order valence-corrected chi connectivity index (χ4v) is 4.35. The van der Waals surface area contributed by atoms with Crippen LogP contribution in [0, 0.1) is 5.92 Å². The Morgan fingerprint density at radius 1 is 1.12 bits per heavy atom. The number of nitrogens with one attached hydrogen (secondary N) is 1. The Hall–Kier alpha value is -1.63. The fourth-order valence-electron chi connectivity index (χ4n) is 4.35. The average Bonchev–Trinajstić information content (AvgIpc) is 3.01. The number of carbonyl (C=O) groups is 3. The molecular weight excluding hydrogens is 320 g/mol. The van der Waals surface area contributed by atoms with Gasteiger partial charge in [-0.3, -0.25) is 14.4 Å². The molecule has 0 aromatic heterocycles. The molecule has 1 N–H and O–H groups in total. The predicted molar refractivity (Wildman–Crippen MR) is 93.8 cm³/mol. The van der Waals surface area contributed by atoms with Gasteiger partial charge in [-0.1, -0.05) is 13.8 Å². The van der Waals surface area contributed by atoms with Crippen molar-refractivity contribution in [2.75, 3.05) is 39.3 Å². The molecule has 3 rings (SSSR count). The Kier molecular flexibility index (Phi) is 5.61. The summed E-state index contributed by atoms with van der Waals surface area (Å²) in [5.41, 5.74) is 0. The monoisotopic (exact) mass is 350 g/mol. The summed E-state index contributed by atoms with van der Waals surface area (Å²) >= 11 is 0. The third-order valence-electron chi connectivity index (χ3n) is 5.61. The number of hydrogen-bond donors (Lipinski definition) is 1. The van der Waals surface area contributed by atoms with E-state index in [0.717, 1.165) is 32.4 Å². The van der Waals surface area contributed by atoms with E-state index in [1.165, 1.54) is 0 Å². The highest BCUT2D eigenvalue weighted by Crippen LogP contribution is 2.24. The van der Waals surface area contributed by atoms with E-state index in [4.69, 9.17) is 0 Å². The second kappa shape index (κ2) is 7.72. The van der Waals surface area contributed by atoms with Gasteiger partial charge in [0.05, 0.1) is 6.54 Å². The SMILES string of the molecule is CC(C)C(C(=O)N1CCCC(N2CCNCC2=O)C1)N1CCCC1=O. The van der Waals surface area contributed by atoms with Crippen LogP contribution in [0.3, 0.4) is 0 Å². The minimum absolute atomic E-state index is 0.0533. The van der Waals surface area contributed by atoms with Crippen LogP contribution in [0.25, 0.3) is 0 Å². The van der Waals surface area contributed by atoms with Gasteiger partial charge < -0.3 is 20.0 Å². The first-order valence-electron chi connectivity index (χ1n) is 9.57. The zero-order valence-corrected chi connectivity index (χ0v) is 15.4. The molecule has 2 unspecified atom stereocenters. The number of hydrogen-bond acceptors (Lipinski definition) is 4. The van der Waals surface area contributed by atoms with Gasteiger partial charge in [-0.2, -0.15) is 0 Å². The molecule has 0 spiro atoms. The summed E-state index contributed by atoms with van der Waals surface area (Å²) in [4.78, 5) is 43.1. The highest BCUT2D eigenvalue weighted by Gasteiger charge is 2.39. The van der Waals surface area contributed by atoms with E-state index in [1.807, 2.05) is 23.6 Å². The lowest BCUT2D eigenvalue weighted by Crippen LogP contribution is -2.60. The molecule has 25 heavy (non-hydrogen) atoms. The van der Waals surface area contributed by atoms with E-state index in [9.17, 15) is 14.4 Å². The number of piperazine rings is 1. The Morgan fingerprint density at radius 2 is 1.92 bits per heavy atom. The van der Waals surface area contributed by atoms with Gasteiger partial charge in [-0.25, -0.2) is 0 Å². The molecule has 3 heterocycles. The maximum absolute atomic E-state index is 13.2. The first-order chi connectivity index (χ1) is 12.0. The molecule has 3 saturated heterocycles. The molecule has 0 aromatic carbocycles. The van der Waals surface area contributed by atoms with Crippen LogP contribution in [-0.4, -0.2) is 83.8 Å². The van der Waals surface area contributed by atoms with Crippen LogP contribution in [-0.2, 0) is 14.4 Å². The standard InChI is InChI=1S/C18H30N4O3/c1-13(2)17(22-9-4-6-15(22)23)18(25)20-8-3-5-14(12-20)21-10-7-19-11-16(21)24/h13-14,17,19H,3-12H2,1-2H3. The Bertz CT molecular complexity index is 536. The van der Waals surface area contributed by atoms with Crippen molar-refractivity contribution in [2.24, 2.45) is 5.92 Å². The van der Waals surface area contributed by atoms with Crippen molar-refractivity contribution in [3.63, 3.8) is 0 Å². The predicted octanol–water partition coefficient (Wildman–Crippen LogP) is 0.0562. The second-order valence-electron chi connectivity index (χ2n) is 7.72. The average molecular weight is 350 g/mol. The Balaban J connectivity index is 1.69. The molecule has 3 aliphatic heterocycles. The summed E-state index contributed by atoms with van der Waals surface area (Å²) in [6.07, 6.45) is 3.25.